The average Bonchev–Trinajstić information content (AvgIpc) is 2.29. The smallest absolute Gasteiger partial charge is 0.328 e. The first-order valence-electron chi connectivity index (χ1n) is 5.14. The van der Waals surface area contributed by atoms with Gasteiger partial charge in [-0.25, -0.2) is 9.78 Å². The van der Waals surface area contributed by atoms with Gasteiger partial charge in [0.2, 0.25) is 0 Å². The van der Waals surface area contributed by atoms with Gasteiger partial charge in [0.05, 0.1) is 12.2 Å². The lowest BCUT2D eigenvalue weighted by Gasteiger charge is -2.12. The molecule has 1 atom stereocenters. The van der Waals surface area contributed by atoms with Crippen LogP contribution in [0.2, 0.25) is 5.15 Å². The van der Waals surface area contributed by atoms with Crippen LogP contribution in [0.3, 0.4) is 0 Å². The monoisotopic (exact) mass is 256 g/mol. The predicted octanol–water partition coefficient (Wildman–Crippen LogP) is 1.42. The summed E-state index contributed by atoms with van der Waals surface area (Å²) in [5, 5.41) is 2.58. The molecule has 92 valence electrons. The van der Waals surface area contributed by atoms with Gasteiger partial charge in [0.15, 0.2) is 0 Å². The van der Waals surface area contributed by atoms with E-state index in [9.17, 15) is 9.59 Å². The Hall–Kier alpha value is -1.62. The number of halogens is 1. The fourth-order valence-electron chi connectivity index (χ4n) is 1.16. The molecule has 1 N–H and O–H groups in total. The summed E-state index contributed by atoms with van der Waals surface area (Å²) < 4.78 is 4.77. The van der Waals surface area contributed by atoms with Crippen molar-refractivity contribution < 1.29 is 14.3 Å². The summed E-state index contributed by atoms with van der Waals surface area (Å²) in [6, 6.07) is 2.40. The van der Waals surface area contributed by atoms with E-state index >= 15 is 0 Å². The summed E-state index contributed by atoms with van der Waals surface area (Å²) in [6.07, 6.45) is 1.48. The second-order valence-electron chi connectivity index (χ2n) is 3.29. The Balaban J connectivity index is 2.67. The van der Waals surface area contributed by atoms with Crippen molar-refractivity contribution in [3.05, 3.63) is 29.0 Å². The lowest BCUT2D eigenvalue weighted by Crippen LogP contribution is -2.39. The van der Waals surface area contributed by atoms with Gasteiger partial charge >= 0.3 is 5.97 Å². The summed E-state index contributed by atoms with van der Waals surface area (Å²) in [6.45, 7) is 3.51. The van der Waals surface area contributed by atoms with Crippen molar-refractivity contribution in [2.45, 2.75) is 19.9 Å². The van der Waals surface area contributed by atoms with Crippen molar-refractivity contribution in [2.24, 2.45) is 0 Å². The first-order valence-corrected chi connectivity index (χ1v) is 5.52. The van der Waals surface area contributed by atoms with Crippen LogP contribution in [0, 0.1) is 0 Å². The predicted molar refractivity (Wildman–Crippen MR) is 62.8 cm³/mol. The molecule has 0 spiro atoms. The van der Waals surface area contributed by atoms with Crippen molar-refractivity contribution in [1.82, 2.24) is 10.3 Å². The number of aromatic nitrogens is 1. The van der Waals surface area contributed by atoms with Crippen LogP contribution >= 0.6 is 11.6 Å². The van der Waals surface area contributed by atoms with Crippen LogP contribution in [-0.2, 0) is 9.53 Å². The van der Waals surface area contributed by atoms with Crippen LogP contribution < -0.4 is 5.32 Å². The summed E-state index contributed by atoms with van der Waals surface area (Å²) in [4.78, 5) is 26.8. The molecule has 0 aromatic carbocycles. The minimum Gasteiger partial charge on any atom is -0.464 e. The van der Waals surface area contributed by atoms with Gasteiger partial charge in [0.25, 0.3) is 5.91 Å². The molecule has 1 aromatic rings. The number of nitrogens with zero attached hydrogens (tertiary/aromatic N) is 1. The minimum atomic E-state index is -0.723. The third kappa shape index (κ3) is 3.71. The van der Waals surface area contributed by atoms with Crippen molar-refractivity contribution in [2.75, 3.05) is 6.61 Å². The number of carbonyl (C=O) groups excluding carboxylic acids is 2. The number of ether oxygens (including phenoxy) is 1. The van der Waals surface area contributed by atoms with Crippen LogP contribution in [-0.4, -0.2) is 29.5 Å². The Morgan fingerprint density at radius 1 is 1.59 bits per heavy atom. The van der Waals surface area contributed by atoms with Crippen LogP contribution in [0.5, 0.6) is 0 Å². The van der Waals surface area contributed by atoms with E-state index in [1.165, 1.54) is 12.3 Å². The van der Waals surface area contributed by atoms with Gasteiger partial charge in [-0.3, -0.25) is 4.79 Å². The summed E-state index contributed by atoms with van der Waals surface area (Å²) in [5.74, 6) is -0.940. The molecule has 0 bridgehead atoms. The van der Waals surface area contributed by atoms with Gasteiger partial charge in [0, 0.05) is 6.20 Å². The lowest BCUT2D eigenvalue weighted by molar-refractivity contribution is -0.144. The number of hydrogen-bond acceptors (Lipinski definition) is 4. The zero-order chi connectivity index (χ0) is 12.8. The quantitative estimate of drug-likeness (QED) is 0.653. The molecular weight excluding hydrogens is 244 g/mol. The number of carbonyl (C=O) groups is 2. The van der Waals surface area contributed by atoms with Crippen molar-refractivity contribution >= 4 is 23.5 Å². The maximum absolute atomic E-state index is 11.7. The van der Waals surface area contributed by atoms with Gasteiger partial charge in [-0.1, -0.05) is 11.6 Å². The standard InChI is InChI=1S/C11H13ClN2O3/c1-3-17-11(16)7(2)14-10(15)8-5-4-6-13-9(8)12/h4-7H,3H2,1-2H3,(H,14,15). The Morgan fingerprint density at radius 3 is 2.88 bits per heavy atom. The van der Waals surface area contributed by atoms with Crippen molar-refractivity contribution in [1.29, 1.82) is 0 Å². The first kappa shape index (κ1) is 13.4. The molecule has 1 amide bonds. The first-order chi connectivity index (χ1) is 8.06. The van der Waals surface area contributed by atoms with Crippen LogP contribution in [0.4, 0.5) is 0 Å². The average molecular weight is 257 g/mol. The highest BCUT2D eigenvalue weighted by Gasteiger charge is 2.19. The molecule has 1 aromatic heterocycles. The van der Waals surface area contributed by atoms with E-state index in [1.54, 1.807) is 19.9 Å². The van der Waals surface area contributed by atoms with E-state index < -0.39 is 17.9 Å². The summed E-state index contributed by atoms with van der Waals surface area (Å²) in [7, 11) is 0. The second-order valence-corrected chi connectivity index (χ2v) is 3.65. The third-order valence-corrected chi connectivity index (χ3v) is 2.29. The van der Waals surface area contributed by atoms with Gasteiger partial charge in [-0.15, -0.1) is 0 Å². The van der Waals surface area contributed by atoms with E-state index in [-0.39, 0.29) is 17.3 Å². The van der Waals surface area contributed by atoms with Crippen LogP contribution in [0.25, 0.3) is 0 Å². The number of amides is 1. The lowest BCUT2D eigenvalue weighted by atomic mass is 10.2. The minimum absolute atomic E-state index is 0.0982. The van der Waals surface area contributed by atoms with Crippen LogP contribution in [0.15, 0.2) is 18.3 Å². The van der Waals surface area contributed by atoms with Crippen LogP contribution in [0.1, 0.15) is 24.2 Å². The Bertz CT molecular complexity index is 423. The molecular formula is C11H13ClN2O3. The number of hydrogen-bond donors (Lipinski definition) is 1. The highest BCUT2D eigenvalue weighted by Crippen LogP contribution is 2.11. The van der Waals surface area contributed by atoms with E-state index in [0.717, 1.165) is 0 Å². The molecule has 0 saturated heterocycles. The second kappa shape index (κ2) is 6.20. The van der Waals surface area contributed by atoms with E-state index in [0.29, 0.717) is 0 Å². The molecule has 6 heteroatoms. The maximum Gasteiger partial charge on any atom is 0.328 e. The molecule has 0 aliphatic rings. The summed E-state index contributed by atoms with van der Waals surface area (Å²) >= 11 is 5.76. The van der Waals surface area contributed by atoms with E-state index in [2.05, 4.69) is 10.3 Å². The number of pyridine rings is 1. The van der Waals surface area contributed by atoms with Gasteiger partial charge in [0.1, 0.15) is 11.2 Å². The fourth-order valence-corrected chi connectivity index (χ4v) is 1.36. The Morgan fingerprint density at radius 2 is 2.29 bits per heavy atom. The molecule has 17 heavy (non-hydrogen) atoms. The van der Waals surface area contributed by atoms with Crippen molar-refractivity contribution in [3.63, 3.8) is 0 Å². The molecule has 5 nitrogen and oxygen atoms in total. The molecule has 1 rings (SSSR count). The van der Waals surface area contributed by atoms with Gasteiger partial charge in [-0.05, 0) is 26.0 Å². The number of nitrogens with one attached hydrogen (secondary N) is 1. The molecule has 0 radical (unpaired) electrons. The normalized spacial score (nSPS) is 11.7. The van der Waals surface area contributed by atoms with Crippen molar-refractivity contribution in [3.8, 4) is 0 Å². The third-order valence-electron chi connectivity index (χ3n) is 1.99. The molecule has 0 aliphatic carbocycles. The molecule has 1 heterocycles. The fraction of sp³-hybridized carbons (Fsp3) is 0.364. The summed E-state index contributed by atoms with van der Waals surface area (Å²) in [5.41, 5.74) is 0.227. The molecule has 1 unspecified atom stereocenters. The topological polar surface area (TPSA) is 68.3 Å². The zero-order valence-electron chi connectivity index (χ0n) is 9.57. The molecule has 0 saturated carbocycles. The highest BCUT2D eigenvalue weighted by atomic mass is 35.5. The zero-order valence-corrected chi connectivity index (χ0v) is 10.3. The maximum atomic E-state index is 11.7. The van der Waals surface area contributed by atoms with Gasteiger partial charge in [-0.2, -0.15) is 0 Å². The SMILES string of the molecule is CCOC(=O)C(C)NC(=O)c1cccnc1Cl. The Labute approximate surface area is 104 Å². The Kier molecular flexibility index (Phi) is 4.90. The largest absolute Gasteiger partial charge is 0.464 e. The number of rotatable bonds is 4. The van der Waals surface area contributed by atoms with Gasteiger partial charge < -0.3 is 10.1 Å². The van der Waals surface area contributed by atoms with E-state index in [1.807, 2.05) is 0 Å². The highest BCUT2D eigenvalue weighted by molar-refractivity contribution is 6.32. The molecule has 0 aliphatic heterocycles. The number of esters is 1. The van der Waals surface area contributed by atoms with E-state index in [4.69, 9.17) is 16.3 Å². The molecule has 0 fully saturated rings.